The lowest BCUT2D eigenvalue weighted by Gasteiger charge is -2.05. The van der Waals surface area contributed by atoms with Crippen molar-refractivity contribution in [2.45, 2.75) is 20.3 Å². The molecule has 0 aliphatic carbocycles. The van der Waals surface area contributed by atoms with Gasteiger partial charge in [-0.2, -0.15) is 0 Å². The first kappa shape index (κ1) is 8.91. The Morgan fingerprint density at radius 2 is 2.17 bits per heavy atom. The number of phenols is 1. The number of rotatable bonds is 3. The molecule has 2 nitrogen and oxygen atoms in total. The fourth-order valence-electron chi connectivity index (χ4n) is 0.938. The molecular weight excluding hydrogens is 152 g/mol. The maximum absolute atomic E-state index is 9.21. The molecule has 2 heteroatoms. The van der Waals surface area contributed by atoms with Crippen molar-refractivity contribution in [3.63, 3.8) is 0 Å². The van der Waals surface area contributed by atoms with Gasteiger partial charge in [0.25, 0.3) is 0 Å². The van der Waals surface area contributed by atoms with Gasteiger partial charge in [-0.1, -0.05) is 6.92 Å². The van der Waals surface area contributed by atoms with Crippen molar-refractivity contribution in [3.05, 3.63) is 23.8 Å². The molecule has 0 aliphatic heterocycles. The van der Waals surface area contributed by atoms with Gasteiger partial charge in [0.05, 0.1) is 6.61 Å². The van der Waals surface area contributed by atoms with Gasteiger partial charge >= 0.3 is 0 Å². The topological polar surface area (TPSA) is 29.5 Å². The van der Waals surface area contributed by atoms with E-state index >= 15 is 0 Å². The molecule has 12 heavy (non-hydrogen) atoms. The Balaban J connectivity index is 2.69. The second-order valence-corrected chi connectivity index (χ2v) is 2.80. The molecule has 0 saturated heterocycles. The number of phenolic OH excluding ortho intramolecular Hbond substituents is 1. The van der Waals surface area contributed by atoms with Gasteiger partial charge < -0.3 is 9.84 Å². The van der Waals surface area contributed by atoms with Gasteiger partial charge in [0.1, 0.15) is 11.5 Å². The number of hydrogen-bond donors (Lipinski definition) is 1. The van der Waals surface area contributed by atoms with Crippen molar-refractivity contribution < 1.29 is 9.84 Å². The van der Waals surface area contributed by atoms with Crippen LogP contribution in [0.15, 0.2) is 18.2 Å². The van der Waals surface area contributed by atoms with E-state index in [1.54, 1.807) is 12.1 Å². The molecule has 0 heterocycles. The van der Waals surface area contributed by atoms with E-state index in [1.807, 2.05) is 13.0 Å². The smallest absolute Gasteiger partial charge is 0.119 e. The molecule has 1 N–H and O–H groups in total. The quantitative estimate of drug-likeness (QED) is 0.747. The van der Waals surface area contributed by atoms with Crippen molar-refractivity contribution in [1.29, 1.82) is 0 Å². The van der Waals surface area contributed by atoms with Crippen LogP contribution in [0.3, 0.4) is 0 Å². The van der Waals surface area contributed by atoms with Crippen LogP contribution in [0, 0.1) is 6.92 Å². The normalized spacial score (nSPS) is 9.83. The number of aryl methyl sites for hydroxylation is 1. The summed E-state index contributed by atoms with van der Waals surface area (Å²) in [5, 5.41) is 9.21. The Morgan fingerprint density at radius 1 is 1.42 bits per heavy atom. The minimum atomic E-state index is 0.318. The van der Waals surface area contributed by atoms with Gasteiger partial charge in [0.2, 0.25) is 0 Å². The molecule has 0 fully saturated rings. The highest BCUT2D eigenvalue weighted by atomic mass is 16.5. The van der Waals surface area contributed by atoms with E-state index in [0.717, 1.165) is 24.3 Å². The lowest BCUT2D eigenvalue weighted by molar-refractivity contribution is 0.316. The zero-order valence-corrected chi connectivity index (χ0v) is 7.50. The van der Waals surface area contributed by atoms with E-state index in [1.165, 1.54) is 0 Å². The maximum atomic E-state index is 9.21. The molecule has 1 aromatic carbocycles. The van der Waals surface area contributed by atoms with E-state index in [9.17, 15) is 5.11 Å². The van der Waals surface area contributed by atoms with E-state index in [0.29, 0.717) is 5.75 Å². The molecule has 0 radical (unpaired) electrons. The zero-order valence-electron chi connectivity index (χ0n) is 7.50. The average molecular weight is 166 g/mol. The molecule has 66 valence electrons. The van der Waals surface area contributed by atoms with Crippen LogP contribution in [0.4, 0.5) is 0 Å². The fraction of sp³-hybridized carbons (Fsp3) is 0.400. The summed E-state index contributed by atoms with van der Waals surface area (Å²) in [5.74, 6) is 1.14. The largest absolute Gasteiger partial charge is 0.508 e. The Bertz CT molecular complexity index is 256. The predicted molar refractivity (Wildman–Crippen MR) is 48.6 cm³/mol. The fourth-order valence-corrected chi connectivity index (χ4v) is 0.938. The Hall–Kier alpha value is -1.18. The first-order valence-corrected chi connectivity index (χ1v) is 4.16. The molecule has 1 aromatic rings. The van der Waals surface area contributed by atoms with Crippen LogP contribution in [0.25, 0.3) is 0 Å². The lowest BCUT2D eigenvalue weighted by atomic mass is 10.2. The van der Waals surface area contributed by atoms with Crippen LogP contribution in [0.2, 0.25) is 0 Å². The molecule has 0 aromatic heterocycles. The summed E-state index contributed by atoms with van der Waals surface area (Å²) in [6, 6.07) is 5.27. The second kappa shape index (κ2) is 4.00. The van der Waals surface area contributed by atoms with Crippen LogP contribution >= 0.6 is 0 Å². The first-order valence-electron chi connectivity index (χ1n) is 4.16. The third kappa shape index (κ3) is 2.16. The van der Waals surface area contributed by atoms with Crippen molar-refractivity contribution >= 4 is 0 Å². The van der Waals surface area contributed by atoms with Crippen LogP contribution in [0.1, 0.15) is 18.9 Å². The third-order valence-electron chi connectivity index (χ3n) is 1.64. The van der Waals surface area contributed by atoms with Crippen molar-refractivity contribution in [2.75, 3.05) is 6.61 Å². The van der Waals surface area contributed by atoms with E-state index in [-0.39, 0.29) is 0 Å². The summed E-state index contributed by atoms with van der Waals surface area (Å²) < 4.78 is 5.38. The maximum Gasteiger partial charge on any atom is 0.119 e. The summed E-state index contributed by atoms with van der Waals surface area (Å²) >= 11 is 0. The van der Waals surface area contributed by atoms with Gasteiger partial charge in [-0.15, -0.1) is 0 Å². The molecule has 1 rings (SSSR count). The molecule has 0 spiro atoms. The molecule has 0 bridgehead atoms. The van der Waals surface area contributed by atoms with E-state index < -0.39 is 0 Å². The molecule has 0 saturated carbocycles. The summed E-state index contributed by atoms with van der Waals surface area (Å²) in [6.07, 6.45) is 1.000. The highest BCUT2D eigenvalue weighted by Gasteiger charge is 1.97. The third-order valence-corrected chi connectivity index (χ3v) is 1.64. The Labute approximate surface area is 72.8 Å². The average Bonchev–Trinajstić information content (AvgIpc) is 2.07. The minimum absolute atomic E-state index is 0.318. The Morgan fingerprint density at radius 3 is 2.75 bits per heavy atom. The number of hydrogen-bond acceptors (Lipinski definition) is 2. The zero-order chi connectivity index (χ0) is 8.97. The van der Waals surface area contributed by atoms with E-state index in [4.69, 9.17) is 4.74 Å². The van der Waals surface area contributed by atoms with Crippen LogP contribution in [-0.4, -0.2) is 11.7 Å². The first-order chi connectivity index (χ1) is 5.74. The second-order valence-electron chi connectivity index (χ2n) is 2.80. The number of aromatic hydroxyl groups is 1. The summed E-state index contributed by atoms with van der Waals surface area (Å²) in [6.45, 7) is 4.64. The monoisotopic (exact) mass is 166 g/mol. The predicted octanol–water partition coefficient (Wildman–Crippen LogP) is 2.49. The van der Waals surface area contributed by atoms with Gasteiger partial charge in [-0.05, 0) is 37.1 Å². The molecule has 0 atom stereocenters. The molecular formula is C10H14O2. The Kier molecular flexibility index (Phi) is 2.97. The van der Waals surface area contributed by atoms with Gasteiger partial charge in [-0.3, -0.25) is 0 Å². The summed E-state index contributed by atoms with van der Waals surface area (Å²) in [5.41, 5.74) is 0.851. The number of benzene rings is 1. The minimum Gasteiger partial charge on any atom is -0.508 e. The van der Waals surface area contributed by atoms with Crippen molar-refractivity contribution in [1.82, 2.24) is 0 Å². The van der Waals surface area contributed by atoms with Gasteiger partial charge in [0, 0.05) is 0 Å². The molecule has 0 unspecified atom stereocenters. The lowest BCUT2D eigenvalue weighted by Crippen LogP contribution is -1.94. The van der Waals surface area contributed by atoms with Gasteiger partial charge in [0.15, 0.2) is 0 Å². The standard InChI is InChI=1S/C10H14O2/c1-3-6-12-9-4-5-10(11)8(2)7-9/h4-5,7,11H,3,6H2,1-2H3. The van der Waals surface area contributed by atoms with Crippen LogP contribution < -0.4 is 4.74 Å². The van der Waals surface area contributed by atoms with Crippen molar-refractivity contribution in [3.8, 4) is 11.5 Å². The van der Waals surface area contributed by atoms with Gasteiger partial charge in [-0.25, -0.2) is 0 Å². The summed E-state index contributed by atoms with van der Waals surface area (Å²) in [4.78, 5) is 0. The summed E-state index contributed by atoms with van der Waals surface area (Å²) in [7, 11) is 0. The highest BCUT2D eigenvalue weighted by molar-refractivity contribution is 5.38. The van der Waals surface area contributed by atoms with E-state index in [2.05, 4.69) is 6.92 Å². The van der Waals surface area contributed by atoms with Crippen molar-refractivity contribution in [2.24, 2.45) is 0 Å². The molecule has 0 aliphatic rings. The van der Waals surface area contributed by atoms with Crippen LogP contribution in [-0.2, 0) is 0 Å². The molecule has 0 amide bonds. The number of ether oxygens (including phenoxy) is 1. The SMILES string of the molecule is CCCOc1ccc(O)c(C)c1. The van der Waals surface area contributed by atoms with Crippen LogP contribution in [0.5, 0.6) is 11.5 Å². The highest BCUT2D eigenvalue weighted by Crippen LogP contribution is 2.21.